The van der Waals surface area contributed by atoms with Crippen LogP contribution < -0.4 is 10.1 Å². The number of ether oxygens (including phenoxy) is 1. The van der Waals surface area contributed by atoms with Crippen molar-refractivity contribution in [2.75, 3.05) is 11.9 Å². The van der Waals surface area contributed by atoms with E-state index < -0.39 is 12.0 Å². The predicted molar refractivity (Wildman–Crippen MR) is 108 cm³/mol. The Morgan fingerprint density at radius 3 is 2.39 bits per heavy atom. The molecule has 2 N–H and O–H groups in total. The minimum Gasteiger partial charge on any atom is -0.494 e. The van der Waals surface area contributed by atoms with Crippen molar-refractivity contribution >= 4 is 11.7 Å². The third-order valence-corrected chi connectivity index (χ3v) is 4.25. The number of carboxylic acids is 1. The number of nitrogens with one attached hydrogen (secondary N) is 1. The molecule has 3 aromatic carbocycles. The Kier molecular flexibility index (Phi) is 5.93. The smallest absolute Gasteiger partial charge is 0.330 e. The maximum absolute atomic E-state index is 12.0. The van der Waals surface area contributed by atoms with E-state index in [0.717, 1.165) is 11.1 Å². The molecule has 0 aliphatic carbocycles. The summed E-state index contributed by atoms with van der Waals surface area (Å²) in [6, 6.07) is 23.0. The van der Waals surface area contributed by atoms with E-state index >= 15 is 0 Å². The van der Waals surface area contributed by atoms with E-state index in [1.807, 2.05) is 55.5 Å². The van der Waals surface area contributed by atoms with E-state index in [-0.39, 0.29) is 0 Å². The number of nitriles is 1. The third-order valence-electron chi connectivity index (χ3n) is 4.25. The van der Waals surface area contributed by atoms with Crippen LogP contribution >= 0.6 is 0 Å². The van der Waals surface area contributed by atoms with Crippen LogP contribution in [0.5, 0.6) is 5.75 Å². The van der Waals surface area contributed by atoms with Crippen LogP contribution in [0.2, 0.25) is 0 Å². The van der Waals surface area contributed by atoms with Crippen LogP contribution in [0, 0.1) is 11.3 Å². The molecule has 0 aliphatic rings. The number of nitrogens with zero attached hydrogens (tertiary/aromatic N) is 1. The van der Waals surface area contributed by atoms with E-state index in [2.05, 4.69) is 5.32 Å². The lowest BCUT2D eigenvalue weighted by atomic mass is 9.98. The molecule has 0 aromatic heterocycles. The SMILES string of the molecule is CCOc1cc(-c2ccccc2)cc(C(Nc2ccc(C#N)cc2)C(=O)O)c1. The maximum Gasteiger partial charge on any atom is 0.330 e. The standard InChI is InChI=1S/C23H20N2O3/c1-2-28-21-13-18(17-6-4-3-5-7-17)12-19(14-21)22(23(26)27)25-20-10-8-16(15-24)9-11-20/h3-14,22,25H,2H2,1H3,(H,26,27). The van der Waals surface area contributed by atoms with Gasteiger partial charge in [-0.25, -0.2) is 4.79 Å². The first kappa shape index (κ1) is 19.0. The van der Waals surface area contributed by atoms with Gasteiger partial charge in [0.15, 0.2) is 6.04 Å². The molecule has 140 valence electrons. The summed E-state index contributed by atoms with van der Waals surface area (Å²) in [5.74, 6) is -0.385. The summed E-state index contributed by atoms with van der Waals surface area (Å²) >= 11 is 0. The summed E-state index contributed by atoms with van der Waals surface area (Å²) in [4.78, 5) is 12.0. The fraction of sp³-hybridized carbons (Fsp3) is 0.130. The molecular formula is C23H20N2O3. The molecule has 0 spiro atoms. The zero-order valence-corrected chi connectivity index (χ0v) is 15.4. The summed E-state index contributed by atoms with van der Waals surface area (Å²) in [5.41, 5.74) is 3.58. The largest absolute Gasteiger partial charge is 0.494 e. The minimum absolute atomic E-state index is 0.485. The number of benzene rings is 3. The number of rotatable bonds is 7. The second kappa shape index (κ2) is 8.74. The van der Waals surface area contributed by atoms with Gasteiger partial charge in [0.25, 0.3) is 0 Å². The van der Waals surface area contributed by atoms with Crippen LogP contribution in [0.25, 0.3) is 11.1 Å². The van der Waals surface area contributed by atoms with Gasteiger partial charge in [0.05, 0.1) is 18.2 Å². The zero-order valence-electron chi connectivity index (χ0n) is 15.4. The van der Waals surface area contributed by atoms with Gasteiger partial charge >= 0.3 is 5.97 Å². The van der Waals surface area contributed by atoms with Gasteiger partial charge in [0.2, 0.25) is 0 Å². The lowest BCUT2D eigenvalue weighted by molar-refractivity contribution is -0.138. The average Bonchev–Trinajstić information content (AvgIpc) is 2.73. The Labute approximate surface area is 163 Å². The number of hydrogen-bond donors (Lipinski definition) is 2. The molecule has 0 amide bonds. The van der Waals surface area contributed by atoms with Crippen LogP contribution in [0.15, 0.2) is 72.8 Å². The lowest BCUT2D eigenvalue weighted by Crippen LogP contribution is -2.20. The van der Waals surface area contributed by atoms with Crippen LogP contribution in [0.1, 0.15) is 24.1 Å². The van der Waals surface area contributed by atoms with Crippen molar-refractivity contribution in [1.82, 2.24) is 0 Å². The number of hydrogen-bond acceptors (Lipinski definition) is 4. The first-order chi connectivity index (χ1) is 13.6. The van der Waals surface area contributed by atoms with Gasteiger partial charge in [-0.3, -0.25) is 0 Å². The molecule has 0 heterocycles. The van der Waals surface area contributed by atoms with Crippen molar-refractivity contribution in [3.05, 3.63) is 83.9 Å². The van der Waals surface area contributed by atoms with Gasteiger partial charge in [-0.2, -0.15) is 5.26 Å². The summed E-state index contributed by atoms with van der Waals surface area (Å²) in [6.07, 6.45) is 0. The highest BCUT2D eigenvalue weighted by Gasteiger charge is 2.21. The molecule has 0 saturated carbocycles. The quantitative estimate of drug-likeness (QED) is 0.619. The fourth-order valence-electron chi connectivity index (χ4n) is 2.93. The second-order valence-corrected chi connectivity index (χ2v) is 6.19. The van der Waals surface area contributed by atoms with E-state index in [1.165, 1.54) is 0 Å². The summed E-state index contributed by atoms with van der Waals surface area (Å²) < 4.78 is 5.66. The first-order valence-electron chi connectivity index (χ1n) is 8.93. The van der Waals surface area contributed by atoms with Gasteiger partial charge in [-0.15, -0.1) is 0 Å². The molecular weight excluding hydrogens is 352 g/mol. The number of anilines is 1. The molecule has 0 aliphatic heterocycles. The highest BCUT2D eigenvalue weighted by atomic mass is 16.5. The number of carboxylic acid groups (broad SMARTS) is 1. The Morgan fingerprint density at radius 2 is 1.79 bits per heavy atom. The normalized spacial score (nSPS) is 11.3. The van der Waals surface area contributed by atoms with Gasteiger partial charge in [-0.05, 0) is 66.1 Å². The summed E-state index contributed by atoms with van der Waals surface area (Å²) in [7, 11) is 0. The molecule has 0 saturated heterocycles. The molecule has 5 heteroatoms. The van der Waals surface area contributed by atoms with Crippen LogP contribution in [-0.2, 0) is 4.79 Å². The van der Waals surface area contributed by atoms with Crippen LogP contribution in [0.3, 0.4) is 0 Å². The molecule has 0 fully saturated rings. The molecule has 28 heavy (non-hydrogen) atoms. The van der Waals surface area contributed by atoms with Crippen LogP contribution in [-0.4, -0.2) is 17.7 Å². The van der Waals surface area contributed by atoms with Crippen LogP contribution in [0.4, 0.5) is 5.69 Å². The number of carbonyl (C=O) groups is 1. The molecule has 1 atom stereocenters. The summed E-state index contributed by atoms with van der Waals surface area (Å²) in [5, 5.41) is 21.8. The van der Waals surface area contributed by atoms with Crippen molar-refractivity contribution < 1.29 is 14.6 Å². The Bertz CT molecular complexity index is 993. The van der Waals surface area contributed by atoms with Crippen molar-refractivity contribution in [2.45, 2.75) is 13.0 Å². The Balaban J connectivity index is 2.00. The molecule has 5 nitrogen and oxygen atoms in total. The van der Waals surface area contributed by atoms with Gasteiger partial charge in [-0.1, -0.05) is 30.3 Å². The monoisotopic (exact) mass is 372 g/mol. The second-order valence-electron chi connectivity index (χ2n) is 6.19. The van der Waals surface area contributed by atoms with E-state index in [4.69, 9.17) is 10.00 Å². The van der Waals surface area contributed by atoms with Gasteiger partial charge < -0.3 is 15.2 Å². The third kappa shape index (κ3) is 4.49. The molecule has 3 aromatic rings. The molecule has 0 bridgehead atoms. The number of aliphatic carboxylic acids is 1. The highest BCUT2D eigenvalue weighted by Crippen LogP contribution is 2.30. The highest BCUT2D eigenvalue weighted by molar-refractivity contribution is 5.81. The topological polar surface area (TPSA) is 82.3 Å². The predicted octanol–water partition coefficient (Wildman–Crippen LogP) is 4.86. The van der Waals surface area contributed by atoms with E-state index in [1.54, 1.807) is 30.3 Å². The van der Waals surface area contributed by atoms with Gasteiger partial charge in [0, 0.05) is 5.69 Å². The zero-order chi connectivity index (χ0) is 19.9. The fourth-order valence-corrected chi connectivity index (χ4v) is 2.93. The lowest BCUT2D eigenvalue weighted by Gasteiger charge is -2.19. The van der Waals surface area contributed by atoms with Crippen molar-refractivity contribution in [2.24, 2.45) is 0 Å². The average molecular weight is 372 g/mol. The van der Waals surface area contributed by atoms with Crippen molar-refractivity contribution in [3.8, 4) is 22.9 Å². The Hall–Kier alpha value is -3.78. The molecule has 3 rings (SSSR count). The Morgan fingerprint density at radius 1 is 1.07 bits per heavy atom. The molecule has 1 unspecified atom stereocenters. The van der Waals surface area contributed by atoms with E-state index in [0.29, 0.717) is 29.2 Å². The molecule has 0 radical (unpaired) electrons. The summed E-state index contributed by atoms with van der Waals surface area (Å²) in [6.45, 7) is 2.37. The van der Waals surface area contributed by atoms with E-state index in [9.17, 15) is 9.90 Å². The minimum atomic E-state index is -1.00. The maximum atomic E-state index is 12.0. The van der Waals surface area contributed by atoms with Crippen molar-refractivity contribution in [3.63, 3.8) is 0 Å². The first-order valence-corrected chi connectivity index (χ1v) is 8.93. The van der Waals surface area contributed by atoms with Gasteiger partial charge in [0.1, 0.15) is 5.75 Å². The van der Waals surface area contributed by atoms with Crippen molar-refractivity contribution in [1.29, 1.82) is 5.26 Å².